The number of carbonyl (C=O) groups is 2. The first-order valence-electron chi connectivity index (χ1n) is 6.46. The molecule has 0 heterocycles. The van der Waals surface area contributed by atoms with E-state index in [1.165, 1.54) is 19.1 Å². The maximum atomic E-state index is 13.5. The first-order chi connectivity index (χ1) is 9.42. The van der Waals surface area contributed by atoms with Crippen LogP contribution in [0.3, 0.4) is 0 Å². The van der Waals surface area contributed by atoms with E-state index in [9.17, 15) is 18.4 Å². The molecule has 110 valence electrons. The average Bonchev–Trinajstić information content (AvgIpc) is 2.42. The lowest BCUT2D eigenvalue weighted by atomic mass is 10.1. The fourth-order valence-corrected chi connectivity index (χ4v) is 1.82. The third-order valence-corrected chi connectivity index (χ3v) is 2.99. The van der Waals surface area contributed by atoms with Crippen molar-refractivity contribution in [1.82, 2.24) is 10.2 Å². The van der Waals surface area contributed by atoms with E-state index in [0.29, 0.717) is 13.1 Å². The van der Waals surface area contributed by atoms with Gasteiger partial charge in [-0.2, -0.15) is 0 Å². The maximum Gasteiger partial charge on any atom is 0.255 e. The molecule has 0 aliphatic carbocycles. The molecule has 0 fully saturated rings. The number of likely N-dealkylation sites (N-methyl/N-ethyl adjacent to an activating group) is 1. The molecule has 1 atom stereocenters. The van der Waals surface area contributed by atoms with Gasteiger partial charge in [-0.05, 0) is 32.9 Å². The van der Waals surface area contributed by atoms with Crippen LogP contribution in [-0.2, 0) is 4.79 Å². The number of nitrogens with one attached hydrogen (secondary N) is 1. The minimum atomic E-state index is -1.22. The third kappa shape index (κ3) is 3.53. The number of hydrogen-bond donors (Lipinski definition) is 1. The van der Waals surface area contributed by atoms with Gasteiger partial charge >= 0.3 is 0 Å². The molecule has 0 aromatic heterocycles. The van der Waals surface area contributed by atoms with Crippen LogP contribution in [0, 0.1) is 11.6 Å². The molecule has 1 aromatic rings. The van der Waals surface area contributed by atoms with Gasteiger partial charge in [0.1, 0.15) is 6.04 Å². The van der Waals surface area contributed by atoms with Gasteiger partial charge in [0.2, 0.25) is 5.91 Å². The van der Waals surface area contributed by atoms with Gasteiger partial charge in [0, 0.05) is 13.1 Å². The summed E-state index contributed by atoms with van der Waals surface area (Å²) in [6.45, 7) is 6.19. The van der Waals surface area contributed by atoms with Gasteiger partial charge in [0.05, 0.1) is 5.56 Å². The van der Waals surface area contributed by atoms with Crippen molar-refractivity contribution in [3.05, 3.63) is 35.4 Å². The molecule has 6 heteroatoms. The van der Waals surface area contributed by atoms with Crippen LogP contribution in [-0.4, -0.2) is 35.8 Å². The Hall–Kier alpha value is -1.98. The second kappa shape index (κ2) is 6.98. The highest BCUT2D eigenvalue weighted by Crippen LogP contribution is 2.11. The summed E-state index contributed by atoms with van der Waals surface area (Å²) in [6.07, 6.45) is 0. The van der Waals surface area contributed by atoms with Crippen molar-refractivity contribution in [2.24, 2.45) is 0 Å². The van der Waals surface area contributed by atoms with E-state index in [2.05, 4.69) is 5.32 Å². The van der Waals surface area contributed by atoms with Crippen LogP contribution >= 0.6 is 0 Å². The van der Waals surface area contributed by atoms with Gasteiger partial charge in [-0.3, -0.25) is 9.59 Å². The molecule has 0 spiro atoms. The predicted octanol–water partition coefficient (Wildman–Crippen LogP) is 1.95. The molecule has 1 aromatic carbocycles. The Morgan fingerprint density at radius 1 is 1.25 bits per heavy atom. The smallest absolute Gasteiger partial charge is 0.255 e. The van der Waals surface area contributed by atoms with Crippen LogP contribution in [0.25, 0.3) is 0 Å². The standard InChI is InChI=1S/C14H18F2N2O2/c1-4-18(5-2)14(20)9(3)17-13(19)10-7-6-8-11(15)12(10)16/h6-9H,4-5H2,1-3H3,(H,17,19). The first-order valence-corrected chi connectivity index (χ1v) is 6.46. The van der Waals surface area contributed by atoms with Crippen molar-refractivity contribution < 1.29 is 18.4 Å². The highest BCUT2D eigenvalue weighted by molar-refractivity contribution is 5.97. The van der Waals surface area contributed by atoms with Crippen LogP contribution < -0.4 is 5.32 Å². The maximum absolute atomic E-state index is 13.5. The Morgan fingerprint density at radius 2 is 1.85 bits per heavy atom. The molecule has 4 nitrogen and oxygen atoms in total. The summed E-state index contributed by atoms with van der Waals surface area (Å²) >= 11 is 0. The number of rotatable bonds is 5. The van der Waals surface area contributed by atoms with Crippen molar-refractivity contribution in [2.45, 2.75) is 26.8 Å². The summed E-state index contributed by atoms with van der Waals surface area (Å²) in [5.41, 5.74) is -0.413. The van der Waals surface area contributed by atoms with Crippen molar-refractivity contribution in [2.75, 3.05) is 13.1 Å². The number of nitrogens with zero attached hydrogens (tertiary/aromatic N) is 1. The summed E-state index contributed by atoms with van der Waals surface area (Å²) in [5.74, 6) is -3.39. The molecule has 1 N–H and O–H groups in total. The Morgan fingerprint density at radius 3 is 2.40 bits per heavy atom. The Labute approximate surface area is 116 Å². The van der Waals surface area contributed by atoms with Gasteiger partial charge < -0.3 is 10.2 Å². The Kier molecular flexibility index (Phi) is 5.61. The van der Waals surface area contributed by atoms with Gasteiger partial charge in [-0.25, -0.2) is 8.78 Å². The number of benzene rings is 1. The van der Waals surface area contributed by atoms with E-state index in [1.54, 1.807) is 4.90 Å². The van der Waals surface area contributed by atoms with Crippen LogP contribution in [0.1, 0.15) is 31.1 Å². The second-order valence-corrected chi connectivity index (χ2v) is 4.31. The SMILES string of the molecule is CCN(CC)C(=O)C(C)NC(=O)c1cccc(F)c1F. The lowest BCUT2D eigenvalue weighted by molar-refractivity contribution is -0.132. The summed E-state index contributed by atoms with van der Waals surface area (Å²) < 4.78 is 26.5. The largest absolute Gasteiger partial charge is 0.341 e. The zero-order chi connectivity index (χ0) is 15.3. The first kappa shape index (κ1) is 16.1. The van der Waals surface area contributed by atoms with E-state index < -0.39 is 29.1 Å². The fraction of sp³-hybridized carbons (Fsp3) is 0.429. The predicted molar refractivity (Wildman–Crippen MR) is 71.2 cm³/mol. The average molecular weight is 284 g/mol. The van der Waals surface area contributed by atoms with Crippen molar-refractivity contribution in [3.63, 3.8) is 0 Å². The molecule has 0 radical (unpaired) electrons. The Balaban J connectivity index is 2.80. The lowest BCUT2D eigenvalue weighted by Crippen LogP contribution is -2.47. The number of hydrogen-bond acceptors (Lipinski definition) is 2. The number of amides is 2. The summed E-state index contributed by atoms with van der Waals surface area (Å²) in [7, 11) is 0. The lowest BCUT2D eigenvalue weighted by Gasteiger charge is -2.23. The summed E-state index contributed by atoms with van der Waals surface area (Å²) in [6, 6.07) is 2.54. The zero-order valence-electron chi connectivity index (χ0n) is 11.7. The van der Waals surface area contributed by atoms with Crippen LogP contribution in [0.15, 0.2) is 18.2 Å². The minimum Gasteiger partial charge on any atom is -0.341 e. The van der Waals surface area contributed by atoms with E-state index >= 15 is 0 Å². The molecule has 0 aliphatic heterocycles. The molecule has 2 amide bonds. The van der Waals surface area contributed by atoms with Crippen LogP contribution in [0.2, 0.25) is 0 Å². The quantitative estimate of drug-likeness (QED) is 0.898. The van der Waals surface area contributed by atoms with E-state index in [1.807, 2.05) is 13.8 Å². The topological polar surface area (TPSA) is 49.4 Å². The van der Waals surface area contributed by atoms with Gasteiger partial charge in [-0.15, -0.1) is 0 Å². The van der Waals surface area contributed by atoms with E-state index in [0.717, 1.165) is 6.07 Å². The zero-order valence-corrected chi connectivity index (χ0v) is 11.7. The number of carbonyl (C=O) groups excluding carboxylic acids is 2. The monoisotopic (exact) mass is 284 g/mol. The summed E-state index contributed by atoms with van der Waals surface area (Å²) in [5, 5.41) is 2.38. The highest BCUT2D eigenvalue weighted by atomic mass is 19.2. The molecule has 1 rings (SSSR count). The van der Waals surface area contributed by atoms with E-state index in [-0.39, 0.29) is 5.91 Å². The molecule has 0 saturated heterocycles. The fourth-order valence-electron chi connectivity index (χ4n) is 1.82. The molecular weight excluding hydrogens is 266 g/mol. The number of halogens is 2. The van der Waals surface area contributed by atoms with Crippen molar-refractivity contribution in [1.29, 1.82) is 0 Å². The molecule has 1 unspecified atom stereocenters. The van der Waals surface area contributed by atoms with Gasteiger partial charge in [-0.1, -0.05) is 6.07 Å². The molecule has 0 saturated carbocycles. The normalized spacial score (nSPS) is 11.8. The van der Waals surface area contributed by atoms with Crippen molar-refractivity contribution >= 4 is 11.8 Å². The van der Waals surface area contributed by atoms with Gasteiger partial charge in [0.15, 0.2) is 11.6 Å². The third-order valence-electron chi connectivity index (χ3n) is 2.99. The van der Waals surface area contributed by atoms with E-state index in [4.69, 9.17) is 0 Å². The van der Waals surface area contributed by atoms with Crippen LogP contribution in [0.5, 0.6) is 0 Å². The van der Waals surface area contributed by atoms with Crippen LogP contribution in [0.4, 0.5) is 8.78 Å². The second-order valence-electron chi connectivity index (χ2n) is 4.31. The molecule has 0 aliphatic rings. The Bertz CT molecular complexity index is 502. The molecular formula is C14H18F2N2O2. The highest BCUT2D eigenvalue weighted by Gasteiger charge is 2.22. The van der Waals surface area contributed by atoms with Gasteiger partial charge in [0.25, 0.3) is 5.91 Å². The summed E-state index contributed by atoms with van der Waals surface area (Å²) in [4.78, 5) is 25.4. The molecule has 0 bridgehead atoms. The van der Waals surface area contributed by atoms with Crippen molar-refractivity contribution in [3.8, 4) is 0 Å². The minimum absolute atomic E-state index is 0.264. The molecule has 20 heavy (non-hydrogen) atoms.